The zero-order valence-electron chi connectivity index (χ0n) is 8.28. The molecule has 14 heavy (non-hydrogen) atoms. The maximum absolute atomic E-state index is 11.6. The zero-order chi connectivity index (χ0) is 10.6. The average Bonchev–Trinajstić information content (AvgIpc) is 2.16. The molecule has 0 atom stereocenters. The SMILES string of the molecule is CC(C)NC(=O)c1ccccc1C=O. The van der Waals surface area contributed by atoms with Crippen molar-refractivity contribution in [3.05, 3.63) is 35.4 Å². The van der Waals surface area contributed by atoms with Gasteiger partial charge in [0, 0.05) is 17.2 Å². The van der Waals surface area contributed by atoms with Crippen LogP contribution in [-0.4, -0.2) is 18.2 Å². The number of amides is 1. The van der Waals surface area contributed by atoms with Gasteiger partial charge in [0.15, 0.2) is 6.29 Å². The van der Waals surface area contributed by atoms with E-state index in [-0.39, 0.29) is 11.9 Å². The van der Waals surface area contributed by atoms with E-state index in [1.165, 1.54) is 0 Å². The van der Waals surface area contributed by atoms with Crippen LogP contribution in [0.3, 0.4) is 0 Å². The van der Waals surface area contributed by atoms with Crippen LogP contribution in [0.15, 0.2) is 24.3 Å². The molecule has 0 spiro atoms. The number of hydrogen-bond donors (Lipinski definition) is 1. The van der Waals surface area contributed by atoms with Crippen LogP contribution in [0.2, 0.25) is 0 Å². The molecule has 1 aromatic rings. The number of benzene rings is 1. The summed E-state index contributed by atoms with van der Waals surface area (Å²) in [4.78, 5) is 22.2. The van der Waals surface area contributed by atoms with E-state index in [4.69, 9.17) is 0 Å². The Bertz CT molecular complexity index is 345. The second-order valence-corrected chi connectivity index (χ2v) is 3.33. The normalized spacial score (nSPS) is 9.93. The number of hydrogen-bond acceptors (Lipinski definition) is 2. The van der Waals surface area contributed by atoms with Gasteiger partial charge in [-0.25, -0.2) is 0 Å². The highest BCUT2D eigenvalue weighted by atomic mass is 16.1. The molecule has 3 nitrogen and oxygen atoms in total. The van der Waals surface area contributed by atoms with E-state index in [9.17, 15) is 9.59 Å². The minimum Gasteiger partial charge on any atom is -0.350 e. The van der Waals surface area contributed by atoms with Gasteiger partial charge < -0.3 is 5.32 Å². The molecule has 1 aromatic carbocycles. The third kappa shape index (κ3) is 2.42. The monoisotopic (exact) mass is 191 g/mol. The summed E-state index contributed by atoms with van der Waals surface area (Å²) >= 11 is 0. The Morgan fingerprint density at radius 3 is 2.57 bits per heavy atom. The summed E-state index contributed by atoms with van der Waals surface area (Å²) in [5, 5.41) is 2.74. The number of carbonyl (C=O) groups is 2. The molecule has 0 aliphatic heterocycles. The Kier molecular flexibility index (Phi) is 3.40. The summed E-state index contributed by atoms with van der Waals surface area (Å²) in [6, 6.07) is 6.81. The van der Waals surface area contributed by atoms with E-state index in [0.29, 0.717) is 17.4 Å². The van der Waals surface area contributed by atoms with Gasteiger partial charge in [0.05, 0.1) is 0 Å². The quantitative estimate of drug-likeness (QED) is 0.738. The Morgan fingerprint density at radius 1 is 1.36 bits per heavy atom. The highest BCUT2D eigenvalue weighted by Crippen LogP contribution is 2.05. The average molecular weight is 191 g/mol. The van der Waals surface area contributed by atoms with Gasteiger partial charge in [-0.15, -0.1) is 0 Å². The number of carbonyl (C=O) groups excluding carboxylic acids is 2. The van der Waals surface area contributed by atoms with Crippen molar-refractivity contribution in [1.82, 2.24) is 5.32 Å². The molecule has 1 amide bonds. The molecule has 0 unspecified atom stereocenters. The minimum atomic E-state index is -0.206. The maximum Gasteiger partial charge on any atom is 0.252 e. The van der Waals surface area contributed by atoms with Crippen molar-refractivity contribution in [2.75, 3.05) is 0 Å². The van der Waals surface area contributed by atoms with Crippen molar-refractivity contribution in [2.45, 2.75) is 19.9 Å². The van der Waals surface area contributed by atoms with Crippen LogP contribution in [-0.2, 0) is 0 Å². The first-order valence-corrected chi connectivity index (χ1v) is 4.50. The molecule has 0 aliphatic carbocycles. The molecule has 0 fully saturated rings. The maximum atomic E-state index is 11.6. The van der Waals surface area contributed by atoms with Crippen LogP contribution in [0, 0.1) is 0 Å². The van der Waals surface area contributed by atoms with Crippen molar-refractivity contribution in [3.8, 4) is 0 Å². The lowest BCUT2D eigenvalue weighted by atomic mass is 10.1. The summed E-state index contributed by atoms with van der Waals surface area (Å²) in [6.07, 6.45) is 0.690. The zero-order valence-corrected chi connectivity index (χ0v) is 8.28. The molecule has 0 heterocycles. The van der Waals surface area contributed by atoms with Gasteiger partial charge in [0.1, 0.15) is 0 Å². The smallest absolute Gasteiger partial charge is 0.252 e. The Labute approximate surface area is 83.1 Å². The molecule has 74 valence electrons. The lowest BCUT2D eigenvalue weighted by Crippen LogP contribution is -2.30. The molecule has 1 rings (SSSR count). The third-order valence-corrected chi connectivity index (χ3v) is 1.75. The molecule has 0 saturated carbocycles. The third-order valence-electron chi connectivity index (χ3n) is 1.75. The van der Waals surface area contributed by atoms with Crippen molar-refractivity contribution < 1.29 is 9.59 Å². The molecule has 0 radical (unpaired) electrons. The van der Waals surface area contributed by atoms with E-state index in [2.05, 4.69) is 5.32 Å². The summed E-state index contributed by atoms with van der Waals surface area (Å²) in [7, 11) is 0. The fourth-order valence-corrected chi connectivity index (χ4v) is 1.15. The van der Waals surface area contributed by atoms with Crippen molar-refractivity contribution >= 4 is 12.2 Å². The van der Waals surface area contributed by atoms with Gasteiger partial charge in [0.2, 0.25) is 0 Å². The fourth-order valence-electron chi connectivity index (χ4n) is 1.15. The van der Waals surface area contributed by atoms with E-state index in [0.717, 1.165) is 0 Å². The molecule has 0 saturated heterocycles. The predicted octanol–water partition coefficient (Wildman–Crippen LogP) is 1.64. The van der Waals surface area contributed by atoms with Gasteiger partial charge in [-0.1, -0.05) is 18.2 Å². The molecule has 0 aromatic heterocycles. The van der Waals surface area contributed by atoms with Crippen LogP contribution < -0.4 is 5.32 Å². The number of aldehydes is 1. The van der Waals surface area contributed by atoms with Gasteiger partial charge in [-0.3, -0.25) is 9.59 Å². The van der Waals surface area contributed by atoms with E-state index in [1.807, 2.05) is 13.8 Å². The molecular formula is C11H13NO2. The highest BCUT2D eigenvalue weighted by Gasteiger charge is 2.10. The lowest BCUT2D eigenvalue weighted by molar-refractivity contribution is 0.0938. The summed E-state index contributed by atoms with van der Waals surface area (Å²) < 4.78 is 0. The molecular weight excluding hydrogens is 178 g/mol. The second kappa shape index (κ2) is 4.56. The van der Waals surface area contributed by atoms with Crippen molar-refractivity contribution in [2.24, 2.45) is 0 Å². The van der Waals surface area contributed by atoms with E-state index >= 15 is 0 Å². The lowest BCUT2D eigenvalue weighted by Gasteiger charge is -2.09. The second-order valence-electron chi connectivity index (χ2n) is 3.33. The fraction of sp³-hybridized carbons (Fsp3) is 0.273. The van der Waals surface area contributed by atoms with Gasteiger partial charge in [-0.05, 0) is 19.9 Å². The first-order valence-electron chi connectivity index (χ1n) is 4.50. The summed E-state index contributed by atoms with van der Waals surface area (Å²) in [5.41, 5.74) is 0.849. The molecule has 0 bridgehead atoms. The molecule has 0 aliphatic rings. The molecule has 3 heteroatoms. The Balaban J connectivity index is 2.94. The van der Waals surface area contributed by atoms with Crippen molar-refractivity contribution in [1.29, 1.82) is 0 Å². The first-order chi connectivity index (χ1) is 6.65. The van der Waals surface area contributed by atoms with Crippen molar-refractivity contribution in [3.63, 3.8) is 0 Å². The van der Waals surface area contributed by atoms with Crippen LogP contribution in [0.4, 0.5) is 0 Å². The number of rotatable bonds is 3. The van der Waals surface area contributed by atoms with E-state index < -0.39 is 0 Å². The standard InChI is InChI=1S/C11H13NO2/c1-8(2)12-11(14)10-6-4-3-5-9(10)7-13/h3-8H,1-2H3,(H,12,14). The van der Waals surface area contributed by atoms with Gasteiger partial charge >= 0.3 is 0 Å². The van der Waals surface area contributed by atoms with Crippen LogP contribution in [0.1, 0.15) is 34.6 Å². The minimum absolute atomic E-state index is 0.0715. The highest BCUT2D eigenvalue weighted by molar-refractivity contribution is 6.01. The Hall–Kier alpha value is -1.64. The Morgan fingerprint density at radius 2 is 2.00 bits per heavy atom. The van der Waals surface area contributed by atoms with Crippen LogP contribution in [0.25, 0.3) is 0 Å². The number of nitrogens with one attached hydrogen (secondary N) is 1. The van der Waals surface area contributed by atoms with E-state index in [1.54, 1.807) is 24.3 Å². The summed E-state index contributed by atoms with van der Waals surface area (Å²) in [5.74, 6) is -0.206. The molecule has 1 N–H and O–H groups in total. The largest absolute Gasteiger partial charge is 0.350 e. The van der Waals surface area contributed by atoms with Gasteiger partial charge in [0.25, 0.3) is 5.91 Å². The van der Waals surface area contributed by atoms with Gasteiger partial charge in [-0.2, -0.15) is 0 Å². The van der Waals surface area contributed by atoms with Crippen LogP contribution >= 0.6 is 0 Å². The topological polar surface area (TPSA) is 46.2 Å². The van der Waals surface area contributed by atoms with Crippen LogP contribution in [0.5, 0.6) is 0 Å². The first kappa shape index (κ1) is 10.4. The summed E-state index contributed by atoms with van der Waals surface area (Å²) in [6.45, 7) is 3.75. The predicted molar refractivity (Wildman–Crippen MR) is 54.4 cm³/mol.